The molecule has 3 aromatic rings. The molecule has 196 valence electrons. The number of piperidine rings is 1. The van der Waals surface area contributed by atoms with Crippen molar-refractivity contribution in [3.8, 4) is 23.3 Å². The summed E-state index contributed by atoms with van der Waals surface area (Å²) in [5.41, 5.74) is 3.98. The molecule has 0 bridgehead atoms. The van der Waals surface area contributed by atoms with Crippen molar-refractivity contribution in [3.05, 3.63) is 78.0 Å². The number of allylic oxidation sites excluding steroid dienone is 3. The van der Waals surface area contributed by atoms with Crippen LogP contribution in [-0.4, -0.2) is 52.5 Å². The number of carbonyl (C=O) groups excluding carboxylic acids is 1. The third-order valence-electron chi connectivity index (χ3n) is 7.12. The summed E-state index contributed by atoms with van der Waals surface area (Å²) in [7, 11) is 2.09. The topological polar surface area (TPSA) is 95.6 Å². The maximum atomic E-state index is 12.8. The first-order valence-electron chi connectivity index (χ1n) is 13.0. The Hall–Kier alpha value is -4.68. The second-order valence-electron chi connectivity index (χ2n) is 9.95. The van der Waals surface area contributed by atoms with E-state index in [4.69, 9.17) is 9.73 Å². The summed E-state index contributed by atoms with van der Waals surface area (Å²) in [6, 6.07) is 9.58. The fourth-order valence-electron chi connectivity index (χ4n) is 4.83. The summed E-state index contributed by atoms with van der Waals surface area (Å²) in [6.45, 7) is 3.85. The van der Waals surface area contributed by atoms with Crippen molar-refractivity contribution < 1.29 is 9.53 Å². The maximum Gasteiger partial charge on any atom is 0.228 e. The van der Waals surface area contributed by atoms with Gasteiger partial charge in [-0.25, -0.2) is 15.0 Å². The van der Waals surface area contributed by atoms with Crippen LogP contribution in [0.15, 0.2) is 82.5 Å². The number of carbonyl (C=O) groups is 1. The predicted octanol–water partition coefficient (Wildman–Crippen LogP) is 3.96. The Kier molecular flexibility index (Phi) is 6.69. The molecule has 1 atom stereocenters. The van der Waals surface area contributed by atoms with E-state index in [1.165, 1.54) is 0 Å². The Morgan fingerprint density at radius 3 is 2.90 bits per heavy atom. The molecular weight excluding hydrogens is 490 g/mol. The Labute approximate surface area is 227 Å². The third kappa shape index (κ3) is 5.47. The van der Waals surface area contributed by atoms with Crippen molar-refractivity contribution in [2.24, 2.45) is 21.8 Å². The normalized spacial score (nSPS) is 20.3. The highest BCUT2D eigenvalue weighted by Gasteiger charge is 2.25. The molecule has 1 aliphatic carbocycles. The largest absolute Gasteiger partial charge is 0.457 e. The molecule has 39 heavy (non-hydrogen) atoms. The van der Waals surface area contributed by atoms with Crippen LogP contribution in [0.5, 0.6) is 11.5 Å². The molecule has 0 saturated carbocycles. The first-order chi connectivity index (χ1) is 19.0. The van der Waals surface area contributed by atoms with Gasteiger partial charge in [0, 0.05) is 36.3 Å². The lowest BCUT2D eigenvalue weighted by atomic mass is 9.96. The molecule has 1 unspecified atom stereocenters. The highest BCUT2D eigenvalue weighted by molar-refractivity contribution is 5.99. The average molecular weight is 520 g/mol. The number of nitrogens with one attached hydrogen (secondary N) is 2. The number of amides is 1. The zero-order chi connectivity index (χ0) is 26.8. The van der Waals surface area contributed by atoms with E-state index in [9.17, 15) is 4.79 Å². The van der Waals surface area contributed by atoms with E-state index in [1.807, 2.05) is 66.2 Å². The number of likely N-dealkylation sites (tertiary alicyclic amines) is 1. The smallest absolute Gasteiger partial charge is 0.228 e. The third-order valence-corrected chi connectivity index (χ3v) is 7.12. The van der Waals surface area contributed by atoms with Gasteiger partial charge >= 0.3 is 0 Å². The van der Waals surface area contributed by atoms with Gasteiger partial charge in [-0.2, -0.15) is 0 Å². The minimum atomic E-state index is -0.332. The highest BCUT2D eigenvalue weighted by Crippen LogP contribution is 2.30. The predicted molar refractivity (Wildman–Crippen MR) is 151 cm³/mol. The number of hydrogen-bond donors (Lipinski definition) is 2. The van der Waals surface area contributed by atoms with Crippen molar-refractivity contribution in [3.63, 3.8) is 0 Å². The molecular formula is C30H29N7O2. The standard InChI is InChI=1S/C30H29N7O2/c1-20-17-23(5-8-27(20)39-24-11-15-37-16-12-31-28(37)18-24)34-29-25-6-3-22(4-7-26(25)32-19-33-29)35-30(38)21-9-13-36(2)14-10-21/h4-5,7-8,11-12,15-19,21,25H,9-10,13-14H2,1-2H3,(H,35,38)(H,32,33,34). The number of fused-ring (bicyclic) bond motifs is 2. The van der Waals surface area contributed by atoms with Crippen LogP contribution in [0.4, 0.5) is 5.69 Å². The first kappa shape index (κ1) is 24.6. The van der Waals surface area contributed by atoms with Gasteiger partial charge in [-0.1, -0.05) is 5.92 Å². The van der Waals surface area contributed by atoms with Gasteiger partial charge in [-0.3, -0.25) is 4.79 Å². The van der Waals surface area contributed by atoms with E-state index < -0.39 is 0 Å². The lowest BCUT2D eigenvalue weighted by molar-refractivity contribution is -0.125. The van der Waals surface area contributed by atoms with Crippen molar-refractivity contribution in [1.82, 2.24) is 24.9 Å². The van der Waals surface area contributed by atoms with Crippen LogP contribution >= 0.6 is 0 Å². The van der Waals surface area contributed by atoms with Gasteiger partial charge in [0.25, 0.3) is 0 Å². The molecule has 0 spiro atoms. The summed E-state index contributed by atoms with van der Waals surface area (Å²) >= 11 is 0. The summed E-state index contributed by atoms with van der Waals surface area (Å²) in [5, 5.41) is 6.19. The molecule has 2 aliphatic heterocycles. The zero-order valence-corrected chi connectivity index (χ0v) is 21.9. The number of pyridine rings is 1. The summed E-state index contributed by atoms with van der Waals surface area (Å²) in [4.78, 5) is 28.6. The second-order valence-corrected chi connectivity index (χ2v) is 9.95. The molecule has 0 radical (unpaired) electrons. The molecule has 1 amide bonds. The molecule has 9 heteroatoms. The second kappa shape index (κ2) is 10.6. The molecule has 6 rings (SSSR count). The van der Waals surface area contributed by atoms with Gasteiger partial charge < -0.3 is 24.7 Å². The Morgan fingerprint density at radius 2 is 2.05 bits per heavy atom. The summed E-state index contributed by atoms with van der Waals surface area (Å²) in [5.74, 6) is 8.14. The molecule has 2 aromatic heterocycles. The van der Waals surface area contributed by atoms with Gasteiger partial charge in [0.05, 0.1) is 17.7 Å². The first-order valence-corrected chi connectivity index (χ1v) is 13.0. The van der Waals surface area contributed by atoms with Crippen LogP contribution in [0.2, 0.25) is 0 Å². The Balaban J connectivity index is 1.17. The lowest BCUT2D eigenvalue weighted by Crippen LogP contribution is -2.38. The highest BCUT2D eigenvalue weighted by atomic mass is 16.5. The van der Waals surface area contributed by atoms with E-state index in [0.717, 1.165) is 54.3 Å². The Morgan fingerprint density at radius 1 is 1.18 bits per heavy atom. The van der Waals surface area contributed by atoms with Crippen LogP contribution in [0.1, 0.15) is 18.4 Å². The van der Waals surface area contributed by atoms with E-state index in [2.05, 4.69) is 44.4 Å². The number of benzene rings is 1. The summed E-state index contributed by atoms with van der Waals surface area (Å²) < 4.78 is 8.04. The van der Waals surface area contributed by atoms with Crippen LogP contribution in [0.25, 0.3) is 5.65 Å². The van der Waals surface area contributed by atoms with Crippen LogP contribution in [-0.2, 0) is 4.79 Å². The van der Waals surface area contributed by atoms with E-state index in [0.29, 0.717) is 17.3 Å². The molecule has 1 fully saturated rings. The lowest BCUT2D eigenvalue weighted by Gasteiger charge is -2.27. The van der Waals surface area contributed by atoms with Crippen molar-refractivity contribution >= 4 is 29.4 Å². The minimum absolute atomic E-state index is 0.0180. The number of aliphatic imine (C=N–C) groups is 2. The van der Waals surface area contributed by atoms with Crippen LogP contribution in [0.3, 0.4) is 0 Å². The van der Waals surface area contributed by atoms with Crippen molar-refractivity contribution in [1.29, 1.82) is 0 Å². The monoisotopic (exact) mass is 519 g/mol. The quantitative estimate of drug-likeness (QED) is 0.498. The molecule has 1 aromatic carbocycles. The van der Waals surface area contributed by atoms with Gasteiger partial charge in [0.15, 0.2) is 5.84 Å². The van der Waals surface area contributed by atoms with Crippen molar-refractivity contribution in [2.75, 3.05) is 20.1 Å². The summed E-state index contributed by atoms with van der Waals surface area (Å²) in [6.07, 6.45) is 12.7. The van der Waals surface area contributed by atoms with Gasteiger partial charge in [-0.15, -0.1) is 0 Å². The number of rotatable bonds is 5. The van der Waals surface area contributed by atoms with Gasteiger partial charge in [0.2, 0.25) is 5.91 Å². The van der Waals surface area contributed by atoms with Crippen LogP contribution in [0, 0.1) is 30.6 Å². The van der Waals surface area contributed by atoms with Crippen LogP contribution < -0.4 is 15.4 Å². The number of ether oxygens (including phenoxy) is 1. The number of hydrogen-bond acceptors (Lipinski definition) is 6. The van der Waals surface area contributed by atoms with Gasteiger partial charge in [0.1, 0.15) is 23.1 Å². The maximum absolute atomic E-state index is 12.8. The fraction of sp³-hybridized carbons (Fsp3) is 0.267. The molecule has 2 N–H and O–H groups in total. The molecule has 3 aliphatic rings. The number of aromatic nitrogens is 2. The Bertz CT molecular complexity index is 1610. The molecule has 4 heterocycles. The van der Waals surface area contributed by atoms with Gasteiger partial charge in [-0.05, 0) is 87.8 Å². The van der Waals surface area contributed by atoms with E-state index >= 15 is 0 Å². The molecule has 1 saturated heterocycles. The average Bonchev–Trinajstić information content (AvgIpc) is 3.31. The van der Waals surface area contributed by atoms with E-state index in [-0.39, 0.29) is 17.7 Å². The number of amidine groups is 1. The zero-order valence-electron chi connectivity index (χ0n) is 21.9. The number of nitrogens with zero attached hydrogens (tertiary/aromatic N) is 5. The van der Waals surface area contributed by atoms with Crippen molar-refractivity contribution in [2.45, 2.75) is 19.8 Å². The SMILES string of the molecule is Cc1cc(N=C2N=CNC3=CC=C(NC(=O)C4CCN(C)CC4)C#CC32)ccc1Oc1ccn2ccnc2c1. The number of aryl methyl sites for hydroxylation is 1. The number of imidazole rings is 1. The fourth-order valence-corrected chi connectivity index (χ4v) is 4.83. The minimum Gasteiger partial charge on any atom is -0.457 e. The van der Waals surface area contributed by atoms with E-state index in [1.54, 1.807) is 12.5 Å². The molecule has 9 nitrogen and oxygen atoms in total.